The van der Waals surface area contributed by atoms with Crippen LogP contribution in [0.1, 0.15) is 6.92 Å². The van der Waals surface area contributed by atoms with Crippen LogP contribution < -0.4 is 20.3 Å². The van der Waals surface area contributed by atoms with E-state index in [1.165, 1.54) is 11.0 Å². The van der Waals surface area contributed by atoms with Crippen LogP contribution in [-0.4, -0.2) is 46.0 Å². The molecule has 0 spiro atoms. The highest BCUT2D eigenvalue weighted by Gasteiger charge is 2.32. The number of hydrogen-bond donors (Lipinski definition) is 1. The van der Waals surface area contributed by atoms with Gasteiger partial charge >= 0.3 is 6.03 Å². The highest BCUT2D eigenvalue weighted by molar-refractivity contribution is 6.06. The average molecular weight is 474 g/mol. The van der Waals surface area contributed by atoms with Crippen LogP contribution in [0.4, 0.5) is 26.5 Å². The Morgan fingerprint density at radius 1 is 1.09 bits per heavy atom. The minimum atomic E-state index is -0.477. The molecule has 0 unspecified atom stereocenters. The van der Waals surface area contributed by atoms with Crippen LogP contribution in [0.2, 0.25) is 0 Å². The van der Waals surface area contributed by atoms with Gasteiger partial charge in [-0.1, -0.05) is 6.07 Å². The molecule has 0 atom stereocenters. The van der Waals surface area contributed by atoms with Gasteiger partial charge in [0.25, 0.3) is 0 Å². The second kappa shape index (κ2) is 9.05. The summed E-state index contributed by atoms with van der Waals surface area (Å²) in [6.07, 6.45) is 3.44. The van der Waals surface area contributed by atoms with Crippen molar-refractivity contribution in [2.24, 2.45) is 0 Å². The van der Waals surface area contributed by atoms with E-state index >= 15 is 0 Å². The minimum absolute atomic E-state index is 0.139. The first-order valence-corrected chi connectivity index (χ1v) is 11.2. The number of amides is 2. The number of carbonyl (C=O) groups is 1. The van der Waals surface area contributed by atoms with Crippen molar-refractivity contribution in [1.82, 2.24) is 19.7 Å². The number of carbonyl (C=O) groups excluding carboxylic acids is 1. The maximum Gasteiger partial charge on any atom is 0.329 e. The second-order valence-electron chi connectivity index (χ2n) is 8.00. The molecule has 9 nitrogen and oxygen atoms in total. The molecule has 10 heteroatoms. The molecule has 0 radical (unpaired) electrons. The zero-order valence-corrected chi connectivity index (χ0v) is 19.3. The van der Waals surface area contributed by atoms with E-state index in [1.807, 2.05) is 25.3 Å². The second-order valence-corrected chi connectivity index (χ2v) is 8.00. The largest absolute Gasteiger partial charge is 0.497 e. The van der Waals surface area contributed by atoms with E-state index in [1.54, 1.807) is 53.2 Å². The lowest BCUT2D eigenvalue weighted by atomic mass is 10.0. The normalized spacial score (nSPS) is 13.5. The van der Waals surface area contributed by atoms with Crippen molar-refractivity contribution in [2.45, 2.75) is 13.5 Å². The summed E-state index contributed by atoms with van der Waals surface area (Å²) in [5.74, 6) is 0.361. The Hall–Kier alpha value is -4.47. The van der Waals surface area contributed by atoms with Crippen LogP contribution in [-0.2, 0) is 6.54 Å². The lowest BCUT2D eigenvalue weighted by Gasteiger charge is -2.20. The van der Waals surface area contributed by atoms with Gasteiger partial charge in [-0.05, 0) is 55.0 Å². The van der Waals surface area contributed by atoms with E-state index in [-0.39, 0.29) is 17.7 Å². The van der Waals surface area contributed by atoms with Gasteiger partial charge in [-0.25, -0.2) is 19.2 Å². The van der Waals surface area contributed by atoms with Crippen molar-refractivity contribution in [3.05, 3.63) is 66.7 Å². The summed E-state index contributed by atoms with van der Waals surface area (Å²) in [5, 5.41) is 4.62. The number of nitrogen functional groups attached to an aromatic ring is 1. The summed E-state index contributed by atoms with van der Waals surface area (Å²) in [5.41, 5.74) is 9.35. The Morgan fingerprint density at radius 3 is 2.57 bits per heavy atom. The quantitative estimate of drug-likeness (QED) is 0.450. The van der Waals surface area contributed by atoms with E-state index in [0.29, 0.717) is 42.3 Å². The van der Waals surface area contributed by atoms with Gasteiger partial charge in [0.1, 0.15) is 17.3 Å². The number of halogens is 1. The smallest absolute Gasteiger partial charge is 0.329 e. The molecule has 3 heterocycles. The number of nitrogens with zero attached hydrogens (tertiary/aromatic N) is 6. The predicted molar refractivity (Wildman–Crippen MR) is 132 cm³/mol. The third-order valence-corrected chi connectivity index (χ3v) is 5.94. The first-order valence-electron chi connectivity index (χ1n) is 11.2. The van der Waals surface area contributed by atoms with Gasteiger partial charge < -0.3 is 10.5 Å². The first-order chi connectivity index (χ1) is 17.0. The Bertz CT molecular complexity index is 1390. The van der Waals surface area contributed by atoms with E-state index in [0.717, 1.165) is 11.3 Å². The van der Waals surface area contributed by atoms with E-state index in [2.05, 4.69) is 15.1 Å². The number of methoxy groups -OCH3 is 1. The molecule has 5 rings (SSSR count). The Kier molecular flexibility index (Phi) is 5.77. The molecule has 0 aliphatic carbocycles. The molecule has 35 heavy (non-hydrogen) atoms. The van der Waals surface area contributed by atoms with Crippen LogP contribution in [0.3, 0.4) is 0 Å². The van der Waals surface area contributed by atoms with Gasteiger partial charge in [-0.3, -0.25) is 14.5 Å². The predicted octanol–water partition coefficient (Wildman–Crippen LogP) is 4.20. The van der Waals surface area contributed by atoms with Crippen LogP contribution in [0, 0.1) is 5.82 Å². The summed E-state index contributed by atoms with van der Waals surface area (Å²) in [6, 6.07) is 13.4. The van der Waals surface area contributed by atoms with Crippen molar-refractivity contribution in [1.29, 1.82) is 0 Å². The first kappa shape index (κ1) is 22.3. The lowest BCUT2D eigenvalue weighted by Crippen LogP contribution is -2.32. The van der Waals surface area contributed by atoms with Crippen LogP contribution in [0.25, 0.3) is 22.5 Å². The molecule has 1 aliphatic heterocycles. The maximum atomic E-state index is 15.0. The van der Waals surface area contributed by atoms with Gasteiger partial charge in [0.05, 0.1) is 18.5 Å². The molecule has 2 aromatic carbocycles. The number of ether oxygens (including phenoxy) is 1. The number of aromatic nitrogens is 4. The number of hydrogen-bond acceptors (Lipinski definition) is 6. The Balaban J connectivity index is 1.51. The van der Waals surface area contributed by atoms with Crippen LogP contribution >= 0.6 is 0 Å². The molecule has 1 saturated heterocycles. The number of nitrogens with two attached hydrogens (primary N) is 1. The van der Waals surface area contributed by atoms with Gasteiger partial charge in [0.2, 0.25) is 5.95 Å². The van der Waals surface area contributed by atoms with Crippen molar-refractivity contribution in [2.75, 3.05) is 35.7 Å². The maximum absolute atomic E-state index is 15.0. The summed E-state index contributed by atoms with van der Waals surface area (Å²) in [7, 11) is 1.59. The van der Waals surface area contributed by atoms with Crippen molar-refractivity contribution < 1.29 is 13.9 Å². The molecule has 2 amide bonds. The van der Waals surface area contributed by atoms with Gasteiger partial charge in [0.15, 0.2) is 0 Å². The molecule has 0 saturated carbocycles. The van der Waals surface area contributed by atoms with E-state index in [9.17, 15) is 9.18 Å². The molecule has 4 aromatic rings. The van der Waals surface area contributed by atoms with Gasteiger partial charge in [0, 0.05) is 43.3 Å². The zero-order chi connectivity index (χ0) is 24.5. The molecule has 1 fully saturated rings. The summed E-state index contributed by atoms with van der Waals surface area (Å²) in [4.78, 5) is 24.6. The minimum Gasteiger partial charge on any atom is -0.497 e. The molecule has 2 aromatic heterocycles. The van der Waals surface area contributed by atoms with E-state index in [4.69, 9.17) is 10.5 Å². The molecule has 178 valence electrons. The number of urea groups is 1. The number of anilines is 3. The molecule has 1 aliphatic rings. The third kappa shape index (κ3) is 4.14. The Labute approximate surface area is 201 Å². The van der Waals surface area contributed by atoms with E-state index < -0.39 is 5.82 Å². The molecule has 0 bridgehead atoms. The third-order valence-electron chi connectivity index (χ3n) is 5.94. The van der Waals surface area contributed by atoms with Crippen molar-refractivity contribution in [3.8, 4) is 28.3 Å². The van der Waals surface area contributed by atoms with Crippen molar-refractivity contribution >= 4 is 23.4 Å². The van der Waals surface area contributed by atoms with Crippen molar-refractivity contribution in [3.63, 3.8) is 0 Å². The van der Waals surface area contributed by atoms with Crippen LogP contribution in [0.5, 0.6) is 5.75 Å². The summed E-state index contributed by atoms with van der Waals surface area (Å²) < 4.78 is 22.0. The standard InChI is InChI=1S/C25H24FN7O2/c1-3-31-15-19(23(30-31)21-10-11-28-24(27)29-21)16-4-9-20(26)22(14-16)33-13-12-32(25(33)34)17-5-7-18(35-2)8-6-17/h4-11,14-15H,3,12-13H2,1-2H3,(H2,27,28,29). The topological polar surface area (TPSA) is 102 Å². The molecule has 2 N–H and O–H groups in total. The monoisotopic (exact) mass is 473 g/mol. The highest BCUT2D eigenvalue weighted by Crippen LogP contribution is 2.35. The number of benzene rings is 2. The number of rotatable bonds is 6. The molecular weight excluding hydrogens is 449 g/mol. The molecular formula is C25H24FN7O2. The van der Waals surface area contributed by atoms with Crippen LogP contribution in [0.15, 0.2) is 60.9 Å². The Morgan fingerprint density at radius 2 is 1.86 bits per heavy atom. The summed E-state index contributed by atoms with van der Waals surface area (Å²) in [6.45, 7) is 3.41. The fourth-order valence-electron chi connectivity index (χ4n) is 4.14. The number of aryl methyl sites for hydroxylation is 1. The lowest BCUT2D eigenvalue weighted by molar-refractivity contribution is 0.255. The fourth-order valence-corrected chi connectivity index (χ4v) is 4.14. The zero-order valence-electron chi connectivity index (χ0n) is 19.3. The van der Waals surface area contributed by atoms with Gasteiger partial charge in [-0.2, -0.15) is 5.10 Å². The fraction of sp³-hybridized carbons (Fsp3) is 0.200. The highest BCUT2D eigenvalue weighted by atomic mass is 19.1. The van der Waals surface area contributed by atoms with Gasteiger partial charge in [-0.15, -0.1) is 0 Å². The summed E-state index contributed by atoms with van der Waals surface area (Å²) >= 11 is 0. The average Bonchev–Trinajstić information content (AvgIpc) is 3.48. The SMILES string of the molecule is CCn1cc(-c2ccc(F)c(N3CCN(c4ccc(OC)cc4)C3=O)c2)c(-c2ccnc(N)n2)n1.